The molecule has 4 nitrogen and oxygen atoms in total. The van der Waals surface area contributed by atoms with Crippen molar-refractivity contribution >= 4 is 53.3 Å². The van der Waals surface area contributed by atoms with Crippen molar-refractivity contribution in [2.24, 2.45) is 0 Å². The molecule has 5 heteroatoms. The Morgan fingerprint density at radius 1 is 0.482 bits per heavy atom. The van der Waals surface area contributed by atoms with Gasteiger partial charge in [0, 0.05) is 42.6 Å². The van der Waals surface area contributed by atoms with E-state index in [1.165, 1.54) is 75.4 Å². The van der Waals surface area contributed by atoms with E-state index in [1.54, 1.807) is 0 Å². The monoisotopic (exact) mass is 740 g/mol. The van der Waals surface area contributed by atoms with Gasteiger partial charge in [-0.25, -0.2) is 0 Å². The maximum absolute atomic E-state index is 3.96. The van der Waals surface area contributed by atoms with Gasteiger partial charge in [-0.05, 0) is 70.1 Å². The van der Waals surface area contributed by atoms with Gasteiger partial charge in [-0.3, -0.25) is 16.0 Å². The molecule has 2 aliphatic rings. The predicted octanol–water partition coefficient (Wildman–Crippen LogP) is 12.6. The molecule has 1 fully saturated rings. The van der Waals surface area contributed by atoms with Crippen LogP contribution in [-0.2, 0) is 0 Å². The van der Waals surface area contributed by atoms with Crippen molar-refractivity contribution in [3.05, 3.63) is 210 Å². The number of benzene rings is 7. The fourth-order valence-corrected chi connectivity index (χ4v) is 10.1. The molecule has 1 aliphatic heterocycles. The maximum Gasteiger partial charge on any atom is 0.0865 e. The van der Waals surface area contributed by atoms with Gasteiger partial charge in [0.1, 0.15) is 0 Å². The highest BCUT2D eigenvalue weighted by atomic mass is 32.1. The van der Waals surface area contributed by atoms with Gasteiger partial charge in [-0.15, -0.1) is 11.3 Å². The molecule has 0 amide bonds. The van der Waals surface area contributed by atoms with Crippen LogP contribution in [0.3, 0.4) is 0 Å². The molecule has 2 aromatic heterocycles. The lowest BCUT2D eigenvalue weighted by Crippen LogP contribution is -2.54. The molecule has 0 saturated carbocycles. The normalized spacial score (nSPS) is 19.7. The van der Waals surface area contributed by atoms with Gasteiger partial charge in [0.15, 0.2) is 0 Å². The Balaban J connectivity index is 1.01. The van der Waals surface area contributed by atoms with Gasteiger partial charge in [0.2, 0.25) is 0 Å². The number of rotatable bonds is 6. The summed E-state index contributed by atoms with van der Waals surface area (Å²) in [7, 11) is 0. The summed E-state index contributed by atoms with van der Waals surface area (Å²) in [6.45, 7) is 0. The fraction of sp³-hybridized carbons (Fsp3) is 0.0980. The van der Waals surface area contributed by atoms with Crippen LogP contribution in [0.15, 0.2) is 188 Å². The van der Waals surface area contributed by atoms with Crippen molar-refractivity contribution in [3.63, 3.8) is 0 Å². The molecule has 56 heavy (non-hydrogen) atoms. The highest BCUT2D eigenvalue weighted by molar-refractivity contribution is 7.26. The summed E-state index contributed by atoms with van der Waals surface area (Å²) in [5.74, 6) is 0.392. The standard InChI is InChI=1S/C51H40N4S/c1-3-14-33(15-4-1)35-18-11-19-37(30-35)50-52-49(34-16-5-2-6-17-34)53-51(54-50)38-20-12-21-39(31-38)55-45-26-9-7-22-41(45)42-29-28-36(32-46(42)55)40-24-13-25-44-43-23-8-10-27-47(43)56-48(40)44/h1-14,16-33,49-54H,15H2. The van der Waals surface area contributed by atoms with E-state index in [9.17, 15) is 0 Å². The molecule has 1 aliphatic carbocycles. The number of allylic oxidation sites excluding steroid dienone is 4. The van der Waals surface area contributed by atoms with Gasteiger partial charge in [0.25, 0.3) is 0 Å². The lowest BCUT2D eigenvalue weighted by atomic mass is 9.91. The second-order valence-electron chi connectivity index (χ2n) is 15.0. The number of thiophene rings is 1. The first-order valence-corrected chi connectivity index (χ1v) is 20.4. The molecular weight excluding hydrogens is 701 g/mol. The number of aromatic nitrogens is 1. The van der Waals surface area contributed by atoms with E-state index in [1.807, 2.05) is 11.3 Å². The van der Waals surface area contributed by atoms with Crippen LogP contribution in [0.5, 0.6) is 0 Å². The first kappa shape index (κ1) is 33.3. The average molecular weight is 741 g/mol. The molecule has 1 saturated heterocycles. The van der Waals surface area contributed by atoms with E-state index in [-0.39, 0.29) is 18.5 Å². The molecule has 0 bridgehead atoms. The zero-order chi connectivity index (χ0) is 37.0. The lowest BCUT2D eigenvalue weighted by Gasteiger charge is -2.40. The maximum atomic E-state index is 3.96. The van der Waals surface area contributed by atoms with Crippen molar-refractivity contribution < 1.29 is 0 Å². The zero-order valence-electron chi connectivity index (χ0n) is 30.8. The third-order valence-electron chi connectivity index (χ3n) is 11.6. The van der Waals surface area contributed by atoms with Crippen LogP contribution in [0, 0.1) is 0 Å². The molecule has 0 radical (unpaired) electrons. The summed E-state index contributed by atoms with van der Waals surface area (Å²) >= 11 is 1.89. The average Bonchev–Trinajstić information content (AvgIpc) is 3.83. The van der Waals surface area contributed by atoms with Crippen molar-refractivity contribution in [3.8, 4) is 16.8 Å². The second kappa shape index (κ2) is 13.9. The molecule has 4 atom stereocenters. The molecule has 11 rings (SSSR count). The van der Waals surface area contributed by atoms with E-state index in [0.29, 0.717) is 5.92 Å². The van der Waals surface area contributed by atoms with E-state index in [0.717, 1.165) is 12.1 Å². The number of para-hydroxylation sites is 1. The van der Waals surface area contributed by atoms with E-state index in [4.69, 9.17) is 0 Å². The summed E-state index contributed by atoms with van der Waals surface area (Å²) < 4.78 is 5.11. The van der Waals surface area contributed by atoms with E-state index in [2.05, 4.69) is 209 Å². The Morgan fingerprint density at radius 2 is 1.14 bits per heavy atom. The van der Waals surface area contributed by atoms with Gasteiger partial charge >= 0.3 is 0 Å². The van der Waals surface area contributed by atoms with Crippen LogP contribution in [0.2, 0.25) is 0 Å². The van der Waals surface area contributed by atoms with Crippen molar-refractivity contribution in [2.75, 3.05) is 0 Å². The quantitative estimate of drug-likeness (QED) is 0.159. The molecule has 7 aromatic carbocycles. The number of fused-ring (bicyclic) bond motifs is 6. The van der Waals surface area contributed by atoms with Gasteiger partial charge < -0.3 is 4.57 Å². The largest absolute Gasteiger partial charge is 0.309 e. The van der Waals surface area contributed by atoms with Crippen LogP contribution in [-0.4, -0.2) is 4.57 Å². The lowest BCUT2D eigenvalue weighted by molar-refractivity contribution is 0.203. The van der Waals surface area contributed by atoms with E-state index < -0.39 is 0 Å². The number of hydrogen-bond acceptors (Lipinski definition) is 4. The Labute approximate surface area is 330 Å². The summed E-state index contributed by atoms with van der Waals surface area (Å²) in [5.41, 5.74) is 11.0. The summed E-state index contributed by atoms with van der Waals surface area (Å²) in [6.07, 6.45) is 9.68. The molecule has 4 unspecified atom stereocenters. The third kappa shape index (κ3) is 5.80. The van der Waals surface area contributed by atoms with E-state index >= 15 is 0 Å². The number of hydrogen-bond donors (Lipinski definition) is 3. The highest BCUT2D eigenvalue weighted by Crippen LogP contribution is 2.42. The highest BCUT2D eigenvalue weighted by Gasteiger charge is 2.30. The summed E-state index contributed by atoms with van der Waals surface area (Å²) in [4.78, 5) is 0. The Bertz CT molecular complexity index is 2970. The van der Waals surface area contributed by atoms with Crippen LogP contribution >= 0.6 is 11.3 Å². The Kier molecular flexibility index (Phi) is 8.26. The smallest absolute Gasteiger partial charge is 0.0865 e. The third-order valence-corrected chi connectivity index (χ3v) is 12.9. The molecule has 9 aromatic rings. The summed E-state index contributed by atoms with van der Waals surface area (Å²) in [5, 5.41) is 16.9. The molecule has 270 valence electrons. The molecule has 3 N–H and O–H groups in total. The van der Waals surface area contributed by atoms with Gasteiger partial charge in [0.05, 0.1) is 29.5 Å². The number of nitrogens with one attached hydrogen (secondary N) is 3. The van der Waals surface area contributed by atoms with Crippen LogP contribution in [0.25, 0.3) is 58.8 Å². The van der Waals surface area contributed by atoms with Crippen molar-refractivity contribution in [2.45, 2.75) is 30.8 Å². The minimum atomic E-state index is -0.109. The van der Waals surface area contributed by atoms with Gasteiger partial charge in [-0.2, -0.15) is 0 Å². The number of nitrogens with zero attached hydrogens (tertiary/aromatic N) is 1. The first-order chi connectivity index (χ1) is 27.7. The van der Waals surface area contributed by atoms with Crippen LogP contribution < -0.4 is 16.0 Å². The van der Waals surface area contributed by atoms with Gasteiger partial charge in [-0.1, -0.05) is 158 Å². The Hall–Kier alpha value is -6.08. The summed E-state index contributed by atoms with van der Waals surface area (Å²) in [6, 6.07) is 60.2. The predicted molar refractivity (Wildman–Crippen MR) is 235 cm³/mol. The topological polar surface area (TPSA) is 41.0 Å². The molecule has 0 spiro atoms. The fourth-order valence-electron chi connectivity index (χ4n) is 8.90. The SMILES string of the molecule is C1=CCC(c2cccc(C3NC(c4ccccc4)NC(c4cccc(-n5c6ccccc6c6ccc(-c7cccc8c7sc7ccccc78)cc65)c4)N3)c2)C=C1. The molecule has 3 heterocycles. The second-order valence-corrected chi connectivity index (χ2v) is 16.0. The first-order valence-electron chi connectivity index (χ1n) is 19.6. The van der Waals surface area contributed by atoms with Crippen LogP contribution in [0.1, 0.15) is 53.1 Å². The van der Waals surface area contributed by atoms with Crippen molar-refractivity contribution in [1.82, 2.24) is 20.5 Å². The Morgan fingerprint density at radius 3 is 1.98 bits per heavy atom. The van der Waals surface area contributed by atoms with Crippen LogP contribution in [0.4, 0.5) is 0 Å². The molecular formula is C51H40N4S. The minimum absolute atomic E-state index is 0.0512. The zero-order valence-corrected chi connectivity index (χ0v) is 31.6. The minimum Gasteiger partial charge on any atom is -0.309 e. The van der Waals surface area contributed by atoms with Crippen molar-refractivity contribution in [1.29, 1.82) is 0 Å².